The zero-order valence-corrected chi connectivity index (χ0v) is 17.1. The largest absolute Gasteiger partial charge is 0.462 e. The van der Waals surface area contributed by atoms with Gasteiger partial charge in [0.2, 0.25) is 0 Å². The van der Waals surface area contributed by atoms with E-state index in [1.165, 1.54) is 12.8 Å². The Hall–Kier alpha value is -2.62. The van der Waals surface area contributed by atoms with Crippen LogP contribution in [0.1, 0.15) is 73.1 Å². The average Bonchev–Trinajstić information content (AvgIpc) is 2.75. The summed E-state index contributed by atoms with van der Waals surface area (Å²) in [5.74, 6) is -0.443. The maximum Gasteiger partial charge on any atom is 0.338 e. The second kappa shape index (κ2) is 15.4. The number of esters is 2. The van der Waals surface area contributed by atoms with Gasteiger partial charge >= 0.3 is 11.9 Å². The fourth-order valence-electron chi connectivity index (χ4n) is 2.32. The Morgan fingerprint density at radius 1 is 0.607 bits per heavy atom. The molecule has 0 radical (unpaired) electrons. The lowest BCUT2D eigenvalue weighted by Crippen LogP contribution is -2.06. The highest BCUT2D eigenvalue weighted by atomic mass is 16.5. The first-order valence-electron chi connectivity index (χ1n) is 10.1. The van der Waals surface area contributed by atoms with Gasteiger partial charge in [-0.25, -0.2) is 9.59 Å². The van der Waals surface area contributed by atoms with Crippen LogP contribution in [0, 0.1) is 0 Å². The summed E-state index contributed by atoms with van der Waals surface area (Å²) in [5, 5.41) is 0. The van der Waals surface area contributed by atoms with Crippen molar-refractivity contribution in [1.29, 1.82) is 0 Å². The lowest BCUT2D eigenvalue weighted by atomic mass is 10.2. The van der Waals surface area contributed by atoms with Gasteiger partial charge in [-0.3, -0.25) is 0 Å². The molecule has 0 fully saturated rings. The number of unbranched alkanes of at least 4 members (excludes halogenated alkanes) is 4. The molecule has 4 heteroatoms. The maximum absolute atomic E-state index is 11.5. The SMILES string of the molecule is CCCCCCOC(=O)c1ccccc1.CCCCOC(=O)c1ccccc1. The number of hydrogen-bond donors (Lipinski definition) is 0. The monoisotopic (exact) mass is 384 g/mol. The zero-order chi connectivity index (χ0) is 20.5. The first-order valence-corrected chi connectivity index (χ1v) is 10.1. The Bertz CT molecular complexity index is 653. The lowest BCUT2D eigenvalue weighted by molar-refractivity contribution is 0.0489. The summed E-state index contributed by atoms with van der Waals surface area (Å²) < 4.78 is 10.2. The highest BCUT2D eigenvalue weighted by molar-refractivity contribution is 5.89. The van der Waals surface area contributed by atoms with Crippen molar-refractivity contribution >= 4 is 11.9 Å². The van der Waals surface area contributed by atoms with Crippen LogP contribution >= 0.6 is 0 Å². The molecule has 0 aliphatic rings. The minimum absolute atomic E-state index is 0.216. The van der Waals surface area contributed by atoms with Crippen LogP contribution in [0.25, 0.3) is 0 Å². The van der Waals surface area contributed by atoms with Gasteiger partial charge in [0.15, 0.2) is 0 Å². The second-order valence-corrected chi connectivity index (χ2v) is 6.42. The molecule has 0 N–H and O–H groups in total. The van der Waals surface area contributed by atoms with Gasteiger partial charge in [-0.05, 0) is 37.1 Å². The first kappa shape index (κ1) is 23.4. The molecule has 0 spiro atoms. The Balaban J connectivity index is 0.000000283. The third-order valence-corrected chi connectivity index (χ3v) is 3.98. The number of ether oxygens (including phenoxy) is 2. The molecule has 152 valence electrons. The number of hydrogen-bond acceptors (Lipinski definition) is 4. The van der Waals surface area contributed by atoms with E-state index in [1.54, 1.807) is 24.3 Å². The van der Waals surface area contributed by atoms with Crippen LogP contribution in [0.3, 0.4) is 0 Å². The van der Waals surface area contributed by atoms with Crippen LogP contribution in [0.2, 0.25) is 0 Å². The Morgan fingerprint density at radius 2 is 1.04 bits per heavy atom. The van der Waals surface area contributed by atoms with Gasteiger partial charge in [-0.2, -0.15) is 0 Å². The lowest BCUT2D eigenvalue weighted by Gasteiger charge is -2.03. The standard InChI is InChI=1S/C13H18O2.C11H14O2/c1-2-3-4-8-11-15-13(14)12-9-6-5-7-10-12;1-2-3-9-13-11(12)10-7-5-4-6-8-10/h5-7,9-10H,2-4,8,11H2,1H3;4-8H,2-3,9H2,1H3. The summed E-state index contributed by atoms with van der Waals surface area (Å²) in [6.07, 6.45) is 6.49. The molecule has 0 aliphatic carbocycles. The van der Waals surface area contributed by atoms with Crippen molar-refractivity contribution in [2.24, 2.45) is 0 Å². The van der Waals surface area contributed by atoms with Gasteiger partial charge in [0.05, 0.1) is 24.3 Å². The molecule has 0 heterocycles. The van der Waals surface area contributed by atoms with Crippen LogP contribution in [0.5, 0.6) is 0 Å². The summed E-state index contributed by atoms with van der Waals surface area (Å²) in [5.41, 5.74) is 1.26. The van der Waals surface area contributed by atoms with Gasteiger partial charge < -0.3 is 9.47 Å². The summed E-state index contributed by atoms with van der Waals surface area (Å²) in [4.78, 5) is 22.8. The Kier molecular flexibility index (Phi) is 12.9. The molecular formula is C24H32O4. The maximum atomic E-state index is 11.5. The quantitative estimate of drug-likeness (QED) is 0.369. The van der Waals surface area contributed by atoms with Crippen molar-refractivity contribution in [3.8, 4) is 0 Å². The molecule has 0 aromatic heterocycles. The molecule has 0 saturated carbocycles. The predicted octanol–water partition coefficient (Wildman–Crippen LogP) is 6.07. The highest BCUT2D eigenvalue weighted by Crippen LogP contribution is 2.04. The molecule has 28 heavy (non-hydrogen) atoms. The smallest absolute Gasteiger partial charge is 0.338 e. The first-order chi connectivity index (χ1) is 13.7. The molecule has 2 aromatic carbocycles. The minimum atomic E-state index is -0.228. The molecule has 2 rings (SSSR count). The van der Waals surface area contributed by atoms with Crippen LogP contribution < -0.4 is 0 Å². The highest BCUT2D eigenvalue weighted by Gasteiger charge is 2.05. The van der Waals surface area contributed by atoms with E-state index < -0.39 is 0 Å². The van der Waals surface area contributed by atoms with Gasteiger partial charge in [0.25, 0.3) is 0 Å². The van der Waals surface area contributed by atoms with Crippen LogP contribution in [0.4, 0.5) is 0 Å². The molecule has 0 unspecified atom stereocenters. The van der Waals surface area contributed by atoms with Crippen LogP contribution in [-0.4, -0.2) is 25.2 Å². The summed E-state index contributed by atoms with van der Waals surface area (Å²) in [7, 11) is 0. The number of carbonyl (C=O) groups is 2. The normalized spacial score (nSPS) is 9.79. The zero-order valence-electron chi connectivity index (χ0n) is 17.1. The molecule has 2 aromatic rings. The Morgan fingerprint density at radius 3 is 1.46 bits per heavy atom. The van der Waals surface area contributed by atoms with Crippen molar-refractivity contribution < 1.29 is 19.1 Å². The average molecular weight is 385 g/mol. The number of carbonyl (C=O) groups excluding carboxylic acids is 2. The topological polar surface area (TPSA) is 52.6 Å². The second-order valence-electron chi connectivity index (χ2n) is 6.42. The summed E-state index contributed by atoms with van der Waals surface area (Å²) >= 11 is 0. The fraction of sp³-hybridized carbons (Fsp3) is 0.417. The van der Waals surface area contributed by atoms with Crippen LogP contribution in [-0.2, 0) is 9.47 Å². The minimum Gasteiger partial charge on any atom is -0.462 e. The Labute approximate surface area is 168 Å². The van der Waals surface area contributed by atoms with Crippen molar-refractivity contribution in [3.63, 3.8) is 0 Å². The molecule has 0 aliphatic heterocycles. The van der Waals surface area contributed by atoms with Gasteiger partial charge in [-0.1, -0.05) is 75.9 Å². The van der Waals surface area contributed by atoms with Crippen molar-refractivity contribution in [1.82, 2.24) is 0 Å². The molecule has 4 nitrogen and oxygen atoms in total. The van der Waals surface area contributed by atoms with Gasteiger partial charge in [-0.15, -0.1) is 0 Å². The van der Waals surface area contributed by atoms with E-state index in [9.17, 15) is 9.59 Å². The molecule has 0 saturated heterocycles. The van der Waals surface area contributed by atoms with Gasteiger partial charge in [0, 0.05) is 0 Å². The van der Waals surface area contributed by atoms with E-state index in [0.717, 1.165) is 25.7 Å². The fourth-order valence-corrected chi connectivity index (χ4v) is 2.32. The van der Waals surface area contributed by atoms with Crippen molar-refractivity contribution in [2.45, 2.75) is 52.4 Å². The van der Waals surface area contributed by atoms with E-state index >= 15 is 0 Å². The third kappa shape index (κ3) is 10.5. The van der Waals surface area contributed by atoms with E-state index in [4.69, 9.17) is 9.47 Å². The van der Waals surface area contributed by atoms with E-state index in [2.05, 4.69) is 13.8 Å². The van der Waals surface area contributed by atoms with E-state index in [-0.39, 0.29) is 11.9 Å². The van der Waals surface area contributed by atoms with Crippen LogP contribution in [0.15, 0.2) is 60.7 Å². The number of rotatable bonds is 10. The van der Waals surface area contributed by atoms with Gasteiger partial charge in [0.1, 0.15) is 0 Å². The van der Waals surface area contributed by atoms with Crippen molar-refractivity contribution in [3.05, 3.63) is 71.8 Å². The third-order valence-electron chi connectivity index (χ3n) is 3.98. The molecule has 0 bridgehead atoms. The molecule has 0 amide bonds. The van der Waals surface area contributed by atoms with Crippen molar-refractivity contribution in [2.75, 3.05) is 13.2 Å². The summed E-state index contributed by atoms with van der Waals surface area (Å²) in [6.45, 7) is 5.28. The van der Waals surface area contributed by atoms with E-state index in [1.807, 2.05) is 36.4 Å². The van der Waals surface area contributed by atoms with E-state index in [0.29, 0.717) is 24.3 Å². The molecular weight excluding hydrogens is 352 g/mol. The predicted molar refractivity (Wildman–Crippen MR) is 112 cm³/mol. The summed E-state index contributed by atoms with van der Waals surface area (Å²) in [6, 6.07) is 18.2. The molecule has 0 atom stereocenters. The number of benzene rings is 2.